The van der Waals surface area contributed by atoms with Gasteiger partial charge < -0.3 is 9.30 Å². The van der Waals surface area contributed by atoms with E-state index in [0.29, 0.717) is 12.2 Å². The SMILES string of the molecule is CN(c1cc(F)c(S(=O)(=O)Nc2cscn2)cc1Cl)C1CCN(Cc2ncc3ccccn23)C1. The summed E-state index contributed by atoms with van der Waals surface area (Å²) in [6.45, 7) is 2.31. The van der Waals surface area contributed by atoms with E-state index in [1.54, 1.807) is 0 Å². The van der Waals surface area contributed by atoms with Crippen molar-refractivity contribution in [3.05, 3.63) is 70.3 Å². The lowest BCUT2D eigenvalue weighted by atomic mass is 10.2. The molecule has 1 unspecified atom stereocenters. The number of rotatable bonds is 7. The molecule has 1 saturated heterocycles. The number of hydrogen-bond acceptors (Lipinski definition) is 7. The third-order valence-corrected chi connectivity index (χ3v) is 8.28. The minimum Gasteiger partial charge on any atom is -0.369 e. The van der Waals surface area contributed by atoms with Crippen LogP contribution in [0.1, 0.15) is 12.2 Å². The summed E-state index contributed by atoms with van der Waals surface area (Å²) in [6, 6.07) is 8.41. The highest BCUT2D eigenvalue weighted by Gasteiger charge is 2.29. The standard InChI is InChI=1S/C22H22ClFN6O2S2/c1-28(16-5-7-29(11-16)12-22-25-10-15-4-2-3-6-30(15)22)19-9-18(24)20(8-17(19)23)34(31,32)27-21-13-33-14-26-21/h2-4,6,8-10,13-14,16,27H,5,7,11-12H2,1H3. The van der Waals surface area contributed by atoms with Crippen LogP contribution in [0, 0.1) is 5.82 Å². The molecular weight excluding hydrogens is 499 g/mol. The Morgan fingerprint density at radius 1 is 1.32 bits per heavy atom. The second-order valence-corrected chi connectivity index (χ2v) is 10.9. The number of fused-ring (bicyclic) bond motifs is 1. The fourth-order valence-corrected chi connectivity index (χ4v) is 6.24. The first-order valence-electron chi connectivity index (χ1n) is 10.6. The van der Waals surface area contributed by atoms with Gasteiger partial charge in [-0.1, -0.05) is 17.7 Å². The number of sulfonamides is 1. The van der Waals surface area contributed by atoms with Gasteiger partial charge in [0.2, 0.25) is 0 Å². The highest BCUT2D eigenvalue weighted by atomic mass is 35.5. The zero-order valence-corrected chi connectivity index (χ0v) is 20.6. The van der Waals surface area contributed by atoms with Gasteiger partial charge in [-0.25, -0.2) is 22.8 Å². The minimum atomic E-state index is -4.16. The van der Waals surface area contributed by atoms with Crippen molar-refractivity contribution in [3.8, 4) is 0 Å². The third-order valence-electron chi connectivity index (χ3n) is 6.02. The van der Waals surface area contributed by atoms with Crippen molar-refractivity contribution in [3.63, 3.8) is 0 Å². The van der Waals surface area contributed by atoms with Gasteiger partial charge in [-0.2, -0.15) is 0 Å². The fraction of sp³-hybridized carbons (Fsp3) is 0.273. The summed E-state index contributed by atoms with van der Waals surface area (Å²) < 4.78 is 44.5. The highest BCUT2D eigenvalue weighted by Crippen LogP contribution is 2.33. The van der Waals surface area contributed by atoms with Crippen molar-refractivity contribution in [2.75, 3.05) is 29.8 Å². The Hall–Kier alpha value is -2.73. The lowest BCUT2D eigenvalue weighted by Crippen LogP contribution is -2.35. The fourth-order valence-electron chi connectivity index (χ4n) is 4.23. The van der Waals surface area contributed by atoms with Gasteiger partial charge in [0.1, 0.15) is 16.5 Å². The Morgan fingerprint density at radius 3 is 2.97 bits per heavy atom. The number of anilines is 2. The molecule has 0 bridgehead atoms. The molecule has 0 saturated carbocycles. The van der Waals surface area contributed by atoms with Crippen molar-refractivity contribution in [1.82, 2.24) is 19.3 Å². The van der Waals surface area contributed by atoms with E-state index >= 15 is 0 Å². The minimum absolute atomic E-state index is 0.0960. The average Bonchev–Trinajstić information content (AvgIpc) is 3.57. The molecule has 34 heavy (non-hydrogen) atoms. The lowest BCUT2D eigenvalue weighted by Gasteiger charge is -2.28. The van der Waals surface area contributed by atoms with Gasteiger partial charge in [-0.05, 0) is 24.6 Å². The molecule has 1 aromatic carbocycles. The summed E-state index contributed by atoms with van der Waals surface area (Å²) in [5.74, 6) is 0.232. The molecule has 0 radical (unpaired) electrons. The number of pyridine rings is 1. The van der Waals surface area contributed by atoms with Crippen LogP contribution in [0.4, 0.5) is 15.9 Å². The molecule has 1 aliphatic rings. The van der Waals surface area contributed by atoms with E-state index in [4.69, 9.17) is 11.6 Å². The Kier molecular flexibility index (Phi) is 6.19. The molecule has 3 aromatic heterocycles. The summed E-state index contributed by atoms with van der Waals surface area (Å²) in [4.78, 5) is 12.1. The lowest BCUT2D eigenvalue weighted by molar-refractivity contribution is 0.316. The van der Waals surface area contributed by atoms with Gasteiger partial charge >= 0.3 is 0 Å². The first-order valence-corrected chi connectivity index (χ1v) is 13.4. The smallest absolute Gasteiger partial charge is 0.266 e. The zero-order valence-electron chi connectivity index (χ0n) is 18.2. The molecule has 0 aliphatic carbocycles. The summed E-state index contributed by atoms with van der Waals surface area (Å²) >= 11 is 7.67. The predicted molar refractivity (Wildman–Crippen MR) is 132 cm³/mol. The van der Waals surface area contributed by atoms with Crippen molar-refractivity contribution < 1.29 is 12.8 Å². The Labute approximate surface area is 205 Å². The van der Waals surface area contributed by atoms with Crippen molar-refractivity contribution in [2.24, 2.45) is 0 Å². The molecule has 1 N–H and O–H groups in total. The topological polar surface area (TPSA) is 82.8 Å². The van der Waals surface area contributed by atoms with Gasteiger partial charge in [-0.3, -0.25) is 9.62 Å². The van der Waals surface area contributed by atoms with Gasteiger partial charge in [0.05, 0.1) is 34.5 Å². The van der Waals surface area contributed by atoms with Crippen LogP contribution in [0.3, 0.4) is 0 Å². The van der Waals surface area contributed by atoms with Gasteiger partial charge in [0, 0.05) is 43.8 Å². The largest absolute Gasteiger partial charge is 0.369 e. The molecule has 178 valence electrons. The molecular formula is C22H22ClFN6O2S2. The van der Waals surface area contributed by atoms with Crippen molar-refractivity contribution in [1.29, 1.82) is 0 Å². The van der Waals surface area contributed by atoms with Crippen molar-refractivity contribution in [2.45, 2.75) is 23.9 Å². The molecule has 8 nitrogen and oxygen atoms in total. The van der Waals surface area contributed by atoms with Crippen LogP contribution < -0.4 is 9.62 Å². The number of likely N-dealkylation sites (N-methyl/N-ethyl adjacent to an activating group) is 1. The van der Waals surface area contributed by atoms with E-state index in [-0.39, 0.29) is 16.9 Å². The third kappa shape index (κ3) is 4.48. The number of nitrogens with zero attached hydrogens (tertiary/aromatic N) is 5. The Balaban J connectivity index is 1.31. The average molecular weight is 521 g/mol. The molecule has 12 heteroatoms. The quantitative estimate of drug-likeness (QED) is 0.395. The van der Waals surface area contributed by atoms with Crippen LogP contribution in [0.2, 0.25) is 5.02 Å². The van der Waals surface area contributed by atoms with E-state index in [1.807, 2.05) is 42.5 Å². The van der Waals surface area contributed by atoms with Crippen molar-refractivity contribution >= 4 is 50.0 Å². The zero-order chi connectivity index (χ0) is 23.9. The van der Waals surface area contributed by atoms with Gasteiger partial charge in [0.15, 0.2) is 5.82 Å². The van der Waals surface area contributed by atoms with E-state index < -0.39 is 20.7 Å². The number of halogens is 2. The summed E-state index contributed by atoms with van der Waals surface area (Å²) in [7, 11) is -2.31. The maximum Gasteiger partial charge on any atom is 0.266 e. The van der Waals surface area contributed by atoms with Gasteiger partial charge in [-0.15, -0.1) is 11.3 Å². The Bertz CT molecular complexity index is 1430. The highest BCUT2D eigenvalue weighted by molar-refractivity contribution is 7.92. The second-order valence-electron chi connectivity index (χ2n) is 8.17. The van der Waals surface area contributed by atoms with E-state index in [2.05, 4.69) is 24.0 Å². The Morgan fingerprint density at radius 2 is 2.18 bits per heavy atom. The van der Waals surface area contributed by atoms with Crippen LogP contribution in [-0.2, 0) is 16.6 Å². The molecule has 4 aromatic rings. The summed E-state index contributed by atoms with van der Waals surface area (Å²) in [5, 5.41) is 1.69. The number of likely N-dealkylation sites (tertiary alicyclic amines) is 1. The molecule has 4 heterocycles. The van der Waals surface area contributed by atoms with Crippen LogP contribution in [-0.4, -0.2) is 53.9 Å². The monoisotopic (exact) mass is 520 g/mol. The molecule has 5 rings (SSSR count). The number of thiazole rings is 1. The predicted octanol–water partition coefficient (Wildman–Crippen LogP) is 4.09. The van der Waals surface area contributed by atoms with Crippen LogP contribution in [0.25, 0.3) is 5.52 Å². The van der Waals surface area contributed by atoms with Crippen LogP contribution in [0.5, 0.6) is 0 Å². The molecule has 0 amide bonds. The number of hydrogen-bond donors (Lipinski definition) is 1. The summed E-state index contributed by atoms with van der Waals surface area (Å²) in [5.41, 5.74) is 2.98. The molecule has 1 fully saturated rings. The molecule has 1 atom stereocenters. The van der Waals surface area contributed by atoms with E-state index in [9.17, 15) is 12.8 Å². The van der Waals surface area contributed by atoms with Crippen LogP contribution >= 0.6 is 22.9 Å². The summed E-state index contributed by atoms with van der Waals surface area (Å²) in [6.07, 6.45) is 4.72. The van der Waals surface area contributed by atoms with Crippen LogP contribution in [0.15, 0.2) is 58.5 Å². The first-order chi connectivity index (χ1) is 16.3. The maximum absolute atomic E-state index is 14.9. The second kappa shape index (κ2) is 9.14. The number of benzene rings is 1. The first kappa shape index (κ1) is 23.0. The maximum atomic E-state index is 14.9. The van der Waals surface area contributed by atoms with Gasteiger partial charge in [0.25, 0.3) is 10.0 Å². The molecule has 0 spiro atoms. The molecule has 1 aliphatic heterocycles. The van der Waals surface area contributed by atoms with E-state index in [0.717, 1.165) is 36.9 Å². The number of nitrogens with one attached hydrogen (secondary N) is 1. The number of aromatic nitrogens is 3. The number of imidazole rings is 1. The van der Waals surface area contributed by atoms with E-state index in [1.165, 1.54) is 28.3 Å². The normalized spacial score (nSPS) is 16.9.